The second-order valence-electron chi connectivity index (χ2n) is 5.39. The van der Waals surface area contributed by atoms with E-state index in [1.807, 2.05) is 25.1 Å². The fourth-order valence-corrected chi connectivity index (χ4v) is 2.37. The highest BCUT2D eigenvalue weighted by atomic mass is 16.5. The van der Waals surface area contributed by atoms with Gasteiger partial charge in [-0.15, -0.1) is 0 Å². The lowest BCUT2D eigenvalue weighted by molar-refractivity contribution is -0.126. The lowest BCUT2D eigenvalue weighted by Crippen LogP contribution is -2.30. The Morgan fingerprint density at radius 1 is 1.41 bits per heavy atom. The van der Waals surface area contributed by atoms with Gasteiger partial charge in [0.15, 0.2) is 0 Å². The zero-order chi connectivity index (χ0) is 15.9. The summed E-state index contributed by atoms with van der Waals surface area (Å²) in [4.78, 5) is 12.3. The topological polar surface area (TPSA) is 82.8 Å². The lowest BCUT2D eigenvalue weighted by Gasteiger charge is -2.16. The van der Waals surface area contributed by atoms with E-state index < -0.39 is 6.10 Å². The van der Waals surface area contributed by atoms with Crippen LogP contribution in [-0.2, 0) is 14.3 Å². The first-order valence-electron chi connectivity index (χ1n) is 7.52. The Morgan fingerprint density at radius 3 is 2.91 bits per heavy atom. The number of rotatable bonds is 7. The highest BCUT2D eigenvalue weighted by Gasteiger charge is 2.30. The minimum atomic E-state index is -0.443. The molecule has 0 bridgehead atoms. The minimum Gasteiger partial charge on any atom is -0.489 e. The Kier molecular flexibility index (Phi) is 6.18. The van der Waals surface area contributed by atoms with E-state index in [2.05, 4.69) is 5.32 Å². The number of carbonyl (C=O) groups is 1. The van der Waals surface area contributed by atoms with Gasteiger partial charge in [0.25, 0.3) is 5.91 Å². The van der Waals surface area contributed by atoms with E-state index in [4.69, 9.17) is 19.9 Å². The average Bonchev–Trinajstić information content (AvgIpc) is 2.99. The van der Waals surface area contributed by atoms with E-state index in [9.17, 15) is 4.79 Å². The van der Waals surface area contributed by atoms with Crippen LogP contribution in [0.25, 0.3) is 0 Å². The number of amides is 1. The molecule has 0 unspecified atom stereocenters. The second kappa shape index (κ2) is 8.12. The quantitative estimate of drug-likeness (QED) is 0.745. The van der Waals surface area contributed by atoms with E-state index in [0.29, 0.717) is 37.6 Å². The molecule has 122 valence electrons. The van der Waals surface area contributed by atoms with Crippen LogP contribution in [0.2, 0.25) is 0 Å². The molecule has 1 heterocycles. The van der Waals surface area contributed by atoms with Crippen molar-refractivity contribution >= 4 is 11.6 Å². The highest BCUT2D eigenvalue weighted by Crippen LogP contribution is 2.27. The third-order valence-corrected chi connectivity index (χ3v) is 3.60. The van der Waals surface area contributed by atoms with Crippen LogP contribution in [0.1, 0.15) is 18.4 Å². The van der Waals surface area contributed by atoms with Crippen molar-refractivity contribution in [2.75, 3.05) is 32.2 Å². The van der Waals surface area contributed by atoms with Gasteiger partial charge in [-0.3, -0.25) is 4.79 Å². The van der Waals surface area contributed by atoms with Crippen LogP contribution in [0.4, 0.5) is 5.69 Å². The first-order valence-corrected chi connectivity index (χ1v) is 7.52. The molecule has 6 nitrogen and oxygen atoms in total. The maximum absolute atomic E-state index is 12.3. The average molecular weight is 308 g/mol. The van der Waals surface area contributed by atoms with Crippen LogP contribution >= 0.6 is 0 Å². The summed E-state index contributed by atoms with van der Waals surface area (Å²) in [6.07, 6.45) is 1.05. The maximum Gasteiger partial charge on any atom is 0.253 e. The third kappa shape index (κ3) is 4.43. The van der Waals surface area contributed by atoms with Crippen molar-refractivity contribution in [2.24, 2.45) is 5.73 Å². The van der Waals surface area contributed by atoms with Crippen molar-refractivity contribution in [1.29, 1.82) is 0 Å². The predicted octanol–water partition coefficient (Wildman–Crippen LogP) is 1.47. The molecule has 1 aliphatic heterocycles. The van der Waals surface area contributed by atoms with Crippen molar-refractivity contribution in [2.45, 2.75) is 32.0 Å². The van der Waals surface area contributed by atoms with Crippen LogP contribution < -0.4 is 15.8 Å². The summed E-state index contributed by atoms with van der Waals surface area (Å²) in [7, 11) is 1.62. The van der Waals surface area contributed by atoms with Gasteiger partial charge in [0.1, 0.15) is 18.5 Å². The van der Waals surface area contributed by atoms with Crippen LogP contribution in [-0.4, -0.2) is 45.0 Å². The van der Waals surface area contributed by atoms with Crippen LogP contribution in [0.5, 0.6) is 5.75 Å². The summed E-state index contributed by atoms with van der Waals surface area (Å²) >= 11 is 0. The minimum absolute atomic E-state index is 0.0220. The van der Waals surface area contributed by atoms with Gasteiger partial charge < -0.3 is 25.3 Å². The van der Waals surface area contributed by atoms with E-state index in [-0.39, 0.29) is 12.0 Å². The van der Waals surface area contributed by atoms with Crippen LogP contribution in [0.15, 0.2) is 18.2 Å². The summed E-state index contributed by atoms with van der Waals surface area (Å²) in [6.45, 7) is 3.34. The molecule has 1 aromatic carbocycles. The molecule has 22 heavy (non-hydrogen) atoms. The summed E-state index contributed by atoms with van der Waals surface area (Å²) in [5.74, 6) is 0.482. The standard InChI is InChI=1S/C16H24N2O4/c1-11-3-5-13(15(9-11)21-8-7-20-2)18-16(19)14-6-4-12(10-17)22-14/h3,5,9,12,14H,4,6-8,10,17H2,1-2H3,(H,18,19)/t12-,14+/m1/s1. The molecule has 2 rings (SSSR count). The normalized spacial score (nSPS) is 20.9. The molecule has 2 atom stereocenters. The predicted molar refractivity (Wildman–Crippen MR) is 84.1 cm³/mol. The SMILES string of the molecule is COCCOc1cc(C)ccc1NC(=O)[C@@H]1CC[C@H](CN)O1. The smallest absolute Gasteiger partial charge is 0.253 e. The number of nitrogens with one attached hydrogen (secondary N) is 1. The van der Waals surface area contributed by atoms with E-state index in [1.54, 1.807) is 7.11 Å². The number of carbonyl (C=O) groups excluding carboxylic acids is 1. The molecule has 0 spiro atoms. The Labute approximate surface area is 130 Å². The largest absolute Gasteiger partial charge is 0.489 e. The maximum atomic E-state index is 12.3. The third-order valence-electron chi connectivity index (χ3n) is 3.60. The number of hydrogen-bond donors (Lipinski definition) is 2. The summed E-state index contributed by atoms with van der Waals surface area (Å²) in [5, 5.41) is 2.88. The second-order valence-corrected chi connectivity index (χ2v) is 5.39. The zero-order valence-corrected chi connectivity index (χ0v) is 13.1. The van der Waals surface area contributed by atoms with Gasteiger partial charge >= 0.3 is 0 Å². The first-order chi connectivity index (χ1) is 10.6. The van der Waals surface area contributed by atoms with Gasteiger partial charge in [0.2, 0.25) is 0 Å². The molecule has 0 radical (unpaired) electrons. The highest BCUT2D eigenvalue weighted by molar-refractivity contribution is 5.95. The number of ether oxygens (including phenoxy) is 3. The van der Waals surface area contributed by atoms with Gasteiger partial charge in [0.05, 0.1) is 18.4 Å². The molecule has 0 aromatic heterocycles. The molecular formula is C16H24N2O4. The first kappa shape index (κ1) is 16.7. The monoisotopic (exact) mass is 308 g/mol. The number of methoxy groups -OCH3 is 1. The fourth-order valence-electron chi connectivity index (χ4n) is 2.37. The molecule has 6 heteroatoms. The molecular weight excluding hydrogens is 284 g/mol. The molecule has 1 aromatic rings. The molecule has 1 amide bonds. The summed E-state index contributed by atoms with van der Waals surface area (Å²) in [5.41, 5.74) is 7.27. The summed E-state index contributed by atoms with van der Waals surface area (Å²) in [6, 6.07) is 5.66. The summed E-state index contributed by atoms with van der Waals surface area (Å²) < 4.78 is 16.2. The number of benzene rings is 1. The number of hydrogen-bond acceptors (Lipinski definition) is 5. The molecule has 0 aliphatic carbocycles. The fraction of sp³-hybridized carbons (Fsp3) is 0.562. The van der Waals surface area contributed by atoms with E-state index in [0.717, 1.165) is 12.0 Å². The Bertz CT molecular complexity index is 507. The van der Waals surface area contributed by atoms with E-state index in [1.165, 1.54) is 0 Å². The molecule has 3 N–H and O–H groups in total. The Hall–Kier alpha value is -1.63. The molecule has 1 saturated heterocycles. The molecule has 1 fully saturated rings. The Morgan fingerprint density at radius 2 is 2.23 bits per heavy atom. The van der Waals surface area contributed by atoms with Gasteiger partial charge in [-0.05, 0) is 37.5 Å². The number of aryl methyl sites for hydroxylation is 1. The van der Waals surface area contributed by atoms with Crippen molar-refractivity contribution in [3.8, 4) is 5.75 Å². The Balaban J connectivity index is 2.00. The van der Waals surface area contributed by atoms with Gasteiger partial charge in [-0.1, -0.05) is 6.07 Å². The zero-order valence-electron chi connectivity index (χ0n) is 13.1. The van der Waals surface area contributed by atoms with Crippen molar-refractivity contribution in [3.05, 3.63) is 23.8 Å². The van der Waals surface area contributed by atoms with E-state index >= 15 is 0 Å². The van der Waals surface area contributed by atoms with Gasteiger partial charge in [0, 0.05) is 13.7 Å². The van der Waals surface area contributed by atoms with Gasteiger partial charge in [-0.2, -0.15) is 0 Å². The van der Waals surface area contributed by atoms with Crippen molar-refractivity contribution < 1.29 is 19.0 Å². The molecule has 0 saturated carbocycles. The van der Waals surface area contributed by atoms with Crippen LogP contribution in [0.3, 0.4) is 0 Å². The van der Waals surface area contributed by atoms with Crippen LogP contribution in [0, 0.1) is 6.92 Å². The van der Waals surface area contributed by atoms with Crippen molar-refractivity contribution in [1.82, 2.24) is 0 Å². The van der Waals surface area contributed by atoms with Crippen molar-refractivity contribution in [3.63, 3.8) is 0 Å². The van der Waals surface area contributed by atoms with Gasteiger partial charge in [-0.25, -0.2) is 0 Å². The number of anilines is 1. The lowest BCUT2D eigenvalue weighted by atomic mass is 10.1. The molecule has 1 aliphatic rings. The number of nitrogens with two attached hydrogens (primary N) is 1.